The molecule has 0 spiro atoms. The van der Waals surface area contributed by atoms with E-state index in [1.807, 2.05) is 52.9 Å². The molecule has 0 bridgehead atoms. The Hall–Kier alpha value is -1.51. The first-order valence-electron chi connectivity index (χ1n) is 7.81. The Morgan fingerprint density at radius 2 is 1.67 bits per heavy atom. The van der Waals surface area contributed by atoms with Gasteiger partial charge >= 0.3 is 6.18 Å². The third-order valence-corrected chi connectivity index (χ3v) is 8.75. The lowest BCUT2D eigenvalue weighted by molar-refractivity contribution is -0.0969. The van der Waals surface area contributed by atoms with Gasteiger partial charge in [0.05, 0.1) is 12.2 Å². The Morgan fingerprint density at radius 1 is 1.12 bits per heavy atom. The molecular formula is C19H25F3OSi. The third-order valence-electron chi connectivity index (χ3n) is 4.27. The Balaban J connectivity index is 2.93. The topological polar surface area (TPSA) is 9.23 Å². The number of aryl methyl sites for hydroxylation is 1. The van der Waals surface area contributed by atoms with Crippen LogP contribution in [0.5, 0.6) is 0 Å². The van der Waals surface area contributed by atoms with Crippen molar-refractivity contribution in [1.29, 1.82) is 0 Å². The van der Waals surface area contributed by atoms with Crippen molar-refractivity contribution in [2.45, 2.75) is 52.0 Å². The molecule has 1 nitrogen and oxygen atoms in total. The quantitative estimate of drug-likeness (QED) is 0.488. The lowest BCUT2D eigenvalue weighted by Crippen LogP contribution is -2.41. The maximum atomic E-state index is 13.2. The lowest BCUT2D eigenvalue weighted by Gasteiger charge is -2.36. The molecule has 0 aromatic heterocycles. The van der Waals surface area contributed by atoms with Gasteiger partial charge in [0.25, 0.3) is 0 Å². The monoisotopic (exact) mass is 354 g/mol. The molecule has 0 radical (unpaired) electrons. The second-order valence-electron chi connectivity index (χ2n) is 7.35. The van der Waals surface area contributed by atoms with Gasteiger partial charge in [0.15, 0.2) is 8.32 Å². The van der Waals surface area contributed by atoms with Gasteiger partial charge in [0, 0.05) is 5.56 Å². The van der Waals surface area contributed by atoms with Gasteiger partial charge in [0.1, 0.15) is 0 Å². The van der Waals surface area contributed by atoms with Gasteiger partial charge in [0.2, 0.25) is 0 Å². The van der Waals surface area contributed by atoms with E-state index < -0.39 is 26.7 Å². The Kier molecular flexibility index (Phi) is 6.49. The van der Waals surface area contributed by atoms with Gasteiger partial charge in [-0.2, -0.15) is 13.2 Å². The number of allylic oxidation sites excluding steroid dienone is 1. The van der Waals surface area contributed by atoms with Crippen molar-refractivity contribution in [3.8, 4) is 11.8 Å². The number of benzene rings is 1. The highest BCUT2D eigenvalue weighted by Gasteiger charge is 2.40. The van der Waals surface area contributed by atoms with E-state index in [1.54, 1.807) is 12.1 Å². The van der Waals surface area contributed by atoms with Gasteiger partial charge in [-0.05, 0) is 43.3 Å². The maximum Gasteiger partial charge on any atom is 0.415 e. The lowest BCUT2D eigenvalue weighted by atomic mass is 10.1. The molecule has 0 saturated carbocycles. The molecule has 0 unspecified atom stereocenters. The first-order chi connectivity index (χ1) is 10.8. The average Bonchev–Trinajstić information content (AvgIpc) is 2.41. The SMILES string of the molecule is Cc1ccc(C#C/C=C(\CO[Si](C)(C)C(C)(C)C)C(F)(F)F)cc1. The average molecular weight is 354 g/mol. The zero-order valence-electron chi connectivity index (χ0n) is 15.1. The van der Waals surface area contributed by atoms with E-state index >= 15 is 0 Å². The van der Waals surface area contributed by atoms with Crippen molar-refractivity contribution in [2.24, 2.45) is 0 Å². The van der Waals surface area contributed by atoms with Crippen molar-refractivity contribution in [3.63, 3.8) is 0 Å². The highest BCUT2D eigenvalue weighted by atomic mass is 28.4. The molecule has 0 heterocycles. The minimum Gasteiger partial charge on any atom is -0.413 e. The van der Waals surface area contributed by atoms with Crippen LogP contribution in [-0.4, -0.2) is 21.1 Å². The third kappa shape index (κ3) is 6.18. The van der Waals surface area contributed by atoms with Crippen molar-refractivity contribution in [3.05, 3.63) is 47.0 Å². The van der Waals surface area contributed by atoms with Crippen molar-refractivity contribution < 1.29 is 17.6 Å². The van der Waals surface area contributed by atoms with Gasteiger partial charge < -0.3 is 4.43 Å². The molecule has 0 aliphatic rings. The molecule has 0 atom stereocenters. The van der Waals surface area contributed by atoms with E-state index in [0.29, 0.717) is 5.56 Å². The van der Waals surface area contributed by atoms with Gasteiger partial charge in [-0.3, -0.25) is 0 Å². The van der Waals surface area contributed by atoms with E-state index in [9.17, 15) is 13.2 Å². The normalized spacial score (nSPS) is 13.5. The second kappa shape index (κ2) is 7.58. The van der Waals surface area contributed by atoms with Crippen molar-refractivity contribution in [1.82, 2.24) is 0 Å². The Labute approximate surface area is 144 Å². The van der Waals surface area contributed by atoms with Crippen LogP contribution in [0.15, 0.2) is 35.9 Å². The zero-order valence-corrected chi connectivity index (χ0v) is 16.1. The summed E-state index contributed by atoms with van der Waals surface area (Å²) in [5.74, 6) is 5.24. The summed E-state index contributed by atoms with van der Waals surface area (Å²) >= 11 is 0. The first-order valence-corrected chi connectivity index (χ1v) is 10.7. The number of rotatable bonds is 3. The van der Waals surface area contributed by atoms with Crippen LogP contribution in [0, 0.1) is 18.8 Å². The Bertz CT molecular complexity index is 638. The summed E-state index contributed by atoms with van der Waals surface area (Å²) < 4.78 is 45.2. The van der Waals surface area contributed by atoms with Gasteiger partial charge in [-0.25, -0.2) is 0 Å². The predicted molar refractivity (Wildman–Crippen MR) is 95.3 cm³/mol. The second-order valence-corrected chi connectivity index (χ2v) is 12.2. The molecule has 132 valence electrons. The predicted octanol–water partition coefficient (Wildman–Crippen LogP) is 5.86. The molecule has 24 heavy (non-hydrogen) atoms. The highest BCUT2D eigenvalue weighted by molar-refractivity contribution is 6.74. The minimum absolute atomic E-state index is 0.142. The summed E-state index contributed by atoms with van der Waals surface area (Å²) in [6.07, 6.45) is -3.52. The molecule has 1 aromatic carbocycles. The van der Waals surface area contributed by atoms with Crippen molar-refractivity contribution >= 4 is 8.32 Å². The molecule has 1 rings (SSSR count). The van der Waals surface area contributed by atoms with Crippen LogP contribution in [0.4, 0.5) is 13.2 Å². The molecule has 5 heteroatoms. The fraction of sp³-hybridized carbons (Fsp3) is 0.474. The molecule has 0 fully saturated rings. The molecule has 0 aliphatic carbocycles. The first kappa shape index (κ1) is 20.5. The standard InChI is InChI=1S/C19H25F3OSi/c1-15-10-12-16(13-11-15)8-7-9-17(19(20,21)22)14-23-24(5,6)18(2,3)4/h9-13H,14H2,1-6H3/b17-9+. The summed E-state index contributed by atoms with van der Waals surface area (Å²) in [6.45, 7) is 11.3. The largest absolute Gasteiger partial charge is 0.415 e. The zero-order chi connectivity index (χ0) is 18.6. The summed E-state index contributed by atoms with van der Waals surface area (Å²) in [5.41, 5.74) is 1.02. The number of halogens is 3. The van der Waals surface area contributed by atoms with Crippen LogP contribution >= 0.6 is 0 Å². The fourth-order valence-corrected chi connectivity index (χ4v) is 2.47. The van der Waals surface area contributed by atoms with Crippen LogP contribution in [-0.2, 0) is 4.43 Å². The van der Waals surface area contributed by atoms with Gasteiger partial charge in [-0.1, -0.05) is 50.3 Å². The van der Waals surface area contributed by atoms with Crippen LogP contribution in [0.1, 0.15) is 31.9 Å². The van der Waals surface area contributed by atoms with Crippen LogP contribution < -0.4 is 0 Å². The van der Waals surface area contributed by atoms with Crippen LogP contribution in [0.25, 0.3) is 0 Å². The summed E-state index contributed by atoms with van der Waals surface area (Å²) in [7, 11) is -2.24. The van der Waals surface area contributed by atoms with E-state index in [1.165, 1.54) is 0 Å². The minimum atomic E-state index is -4.44. The van der Waals surface area contributed by atoms with E-state index in [2.05, 4.69) is 11.8 Å². The van der Waals surface area contributed by atoms with E-state index in [4.69, 9.17) is 4.43 Å². The molecule has 1 aromatic rings. The molecular weight excluding hydrogens is 329 g/mol. The molecule has 0 N–H and O–H groups in total. The Morgan fingerprint density at radius 3 is 2.12 bits per heavy atom. The molecule has 0 saturated heterocycles. The number of hydrogen-bond acceptors (Lipinski definition) is 1. The maximum absolute atomic E-state index is 13.2. The highest BCUT2D eigenvalue weighted by Crippen LogP contribution is 2.37. The smallest absolute Gasteiger partial charge is 0.413 e. The van der Waals surface area contributed by atoms with E-state index in [0.717, 1.165) is 11.6 Å². The van der Waals surface area contributed by atoms with Gasteiger partial charge in [-0.15, -0.1) is 0 Å². The molecule has 0 amide bonds. The summed E-state index contributed by atoms with van der Waals surface area (Å²) in [6, 6.07) is 7.32. The molecule has 0 aliphatic heterocycles. The number of hydrogen-bond donors (Lipinski definition) is 0. The van der Waals surface area contributed by atoms with Crippen LogP contribution in [0.3, 0.4) is 0 Å². The summed E-state index contributed by atoms with van der Waals surface area (Å²) in [5, 5.41) is -0.142. The summed E-state index contributed by atoms with van der Waals surface area (Å²) in [4.78, 5) is 0. The number of alkyl halides is 3. The van der Waals surface area contributed by atoms with Crippen molar-refractivity contribution in [2.75, 3.05) is 6.61 Å². The van der Waals surface area contributed by atoms with E-state index in [-0.39, 0.29) is 5.04 Å². The van der Waals surface area contributed by atoms with Crippen LogP contribution in [0.2, 0.25) is 18.1 Å². The fourth-order valence-electron chi connectivity index (χ4n) is 1.52.